The van der Waals surface area contributed by atoms with Crippen molar-refractivity contribution in [2.24, 2.45) is 0 Å². The molecule has 1 atom stereocenters. The lowest BCUT2D eigenvalue weighted by molar-refractivity contribution is -0.130. The van der Waals surface area contributed by atoms with Gasteiger partial charge in [0.25, 0.3) is 5.91 Å². The van der Waals surface area contributed by atoms with Gasteiger partial charge in [-0.3, -0.25) is 15.1 Å². The molecule has 1 fully saturated rings. The molecule has 0 unspecified atom stereocenters. The smallest absolute Gasteiger partial charge is 0.319 e. The Bertz CT molecular complexity index is 1350. The summed E-state index contributed by atoms with van der Waals surface area (Å²) >= 11 is 12.0. The van der Waals surface area contributed by atoms with Crippen molar-refractivity contribution in [3.05, 3.63) is 99.0 Å². The Morgan fingerprint density at radius 3 is 2.35 bits per heavy atom. The molecule has 1 saturated heterocycles. The van der Waals surface area contributed by atoms with Crippen LogP contribution in [0, 0.1) is 17.0 Å². The van der Waals surface area contributed by atoms with Gasteiger partial charge in [0, 0.05) is 19.0 Å². The number of nitrogens with zero attached hydrogens (tertiary/aromatic N) is 1. The van der Waals surface area contributed by atoms with Crippen molar-refractivity contribution in [1.29, 1.82) is 5.41 Å². The van der Waals surface area contributed by atoms with E-state index in [1.807, 2.05) is 0 Å². The minimum atomic E-state index is -1.21. The highest BCUT2D eigenvalue weighted by Crippen LogP contribution is 2.29. The van der Waals surface area contributed by atoms with Crippen LogP contribution in [-0.2, 0) is 24.3 Å². The van der Waals surface area contributed by atoms with Crippen molar-refractivity contribution < 1.29 is 18.4 Å². The second kappa shape index (κ2) is 10.7. The summed E-state index contributed by atoms with van der Waals surface area (Å²) in [5.41, 5.74) is 1.08. The van der Waals surface area contributed by atoms with E-state index in [4.69, 9.17) is 28.6 Å². The maximum Gasteiger partial charge on any atom is 0.319 e. The number of hydrogen-bond acceptors (Lipinski definition) is 3. The molecule has 3 aromatic rings. The molecule has 0 saturated carbocycles. The third-order valence-electron chi connectivity index (χ3n) is 5.88. The molecule has 3 amide bonds. The van der Waals surface area contributed by atoms with Crippen LogP contribution in [0.2, 0.25) is 10.0 Å². The maximum absolute atomic E-state index is 13.6. The first-order valence-electron chi connectivity index (χ1n) is 11.2. The molecule has 1 aliphatic heterocycles. The van der Waals surface area contributed by atoms with Gasteiger partial charge in [-0.1, -0.05) is 53.5 Å². The third-order valence-corrected chi connectivity index (χ3v) is 6.70. The van der Waals surface area contributed by atoms with E-state index in [0.29, 0.717) is 16.3 Å². The number of carbonyl (C=O) groups is 2. The first kappa shape index (κ1) is 26.4. The second-order valence-corrected chi connectivity index (χ2v) is 9.66. The standard InChI is InChI=1S/C26H23Cl2F2N5O2/c1-26(12-17-9-18(29)11-19(30)10-17)23(36)35(24(31)34-26)14-16-7-5-15(6-8-16)13-32-25(37)33-21-4-2-3-20(27)22(21)28/h2-11H,12-14H2,1H3,(H2,31,34)(H2,32,33,37)/t26-/m1/s1. The van der Waals surface area contributed by atoms with Gasteiger partial charge in [-0.2, -0.15) is 0 Å². The van der Waals surface area contributed by atoms with Gasteiger partial charge in [0.15, 0.2) is 5.96 Å². The van der Waals surface area contributed by atoms with Crippen LogP contribution in [0.5, 0.6) is 0 Å². The summed E-state index contributed by atoms with van der Waals surface area (Å²) in [6.07, 6.45) is 0.0203. The zero-order chi connectivity index (χ0) is 26.7. The molecule has 11 heteroatoms. The number of carbonyl (C=O) groups excluding carboxylic acids is 2. The Morgan fingerprint density at radius 1 is 1.03 bits per heavy atom. The van der Waals surface area contributed by atoms with Crippen molar-refractivity contribution in [2.75, 3.05) is 5.32 Å². The van der Waals surface area contributed by atoms with E-state index in [1.165, 1.54) is 17.0 Å². The maximum atomic E-state index is 13.6. The van der Waals surface area contributed by atoms with Crippen LogP contribution in [0.25, 0.3) is 0 Å². The number of halogens is 4. The molecular formula is C26H23Cl2F2N5O2. The lowest BCUT2D eigenvalue weighted by atomic mass is 9.92. The summed E-state index contributed by atoms with van der Waals surface area (Å²) in [4.78, 5) is 26.6. The molecule has 37 heavy (non-hydrogen) atoms. The number of hydrogen-bond donors (Lipinski definition) is 4. The van der Waals surface area contributed by atoms with Gasteiger partial charge < -0.3 is 16.0 Å². The zero-order valence-electron chi connectivity index (χ0n) is 19.7. The van der Waals surface area contributed by atoms with E-state index < -0.39 is 23.2 Å². The molecule has 1 aliphatic rings. The predicted octanol–water partition coefficient (Wildman–Crippen LogP) is 5.46. The first-order valence-corrected chi connectivity index (χ1v) is 12.0. The molecule has 0 aliphatic carbocycles. The molecule has 3 aromatic carbocycles. The van der Waals surface area contributed by atoms with Crippen molar-refractivity contribution in [3.63, 3.8) is 0 Å². The Hall–Kier alpha value is -3.69. The van der Waals surface area contributed by atoms with Gasteiger partial charge in [0.2, 0.25) is 0 Å². The summed E-state index contributed by atoms with van der Waals surface area (Å²) < 4.78 is 27.2. The molecule has 1 heterocycles. The lowest BCUT2D eigenvalue weighted by Gasteiger charge is -2.22. The zero-order valence-corrected chi connectivity index (χ0v) is 21.2. The molecule has 0 radical (unpaired) electrons. The predicted molar refractivity (Wildman–Crippen MR) is 139 cm³/mol. The highest BCUT2D eigenvalue weighted by molar-refractivity contribution is 6.43. The van der Waals surface area contributed by atoms with E-state index in [-0.39, 0.29) is 36.4 Å². The summed E-state index contributed by atoms with van der Waals surface area (Å²) in [6.45, 7) is 1.98. The lowest BCUT2D eigenvalue weighted by Crippen LogP contribution is -2.46. The number of anilines is 1. The molecule has 7 nitrogen and oxygen atoms in total. The van der Waals surface area contributed by atoms with Crippen LogP contribution in [0.4, 0.5) is 19.3 Å². The van der Waals surface area contributed by atoms with Gasteiger partial charge in [0.1, 0.15) is 17.2 Å². The molecular weight excluding hydrogens is 523 g/mol. The summed E-state index contributed by atoms with van der Waals surface area (Å²) in [6, 6.07) is 14.8. The van der Waals surface area contributed by atoms with Gasteiger partial charge in [-0.15, -0.1) is 0 Å². The number of urea groups is 1. The van der Waals surface area contributed by atoms with E-state index in [1.54, 1.807) is 49.4 Å². The molecule has 0 aromatic heterocycles. The molecule has 4 N–H and O–H groups in total. The minimum absolute atomic E-state index is 0.0203. The van der Waals surface area contributed by atoms with Gasteiger partial charge in [-0.25, -0.2) is 13.6 Å². The highest BCUT2D eigenvalue weighted by Gasteiger charge is 2.45. The Kier molecular flexibility index (Phi) is 7.65. The van der Waals surface area contributed by atoms with Crippen LogP contribution in [0.1, 0.15) is 23.6 Å². The summed E-state index contributed by atoms with van der Waals surface area (Å²) in [5, 5.41) is 17.0. The van der Waals surface area contributed by atoms with Crippen LogP contribution < -0.4 is 16.0 Å². The van der Waals surface area contributed by atoms with E-state index in [0.717, 1.165) is 17.2 Å². The fourth-order valence-corrected chi connectivity index (χ4v) is 4.42. The third kappa shape index (κ3) is 6.18. The van der Waals surface area contributed by atoms with Crippen molar-refractivity contribution in [3.8, 4) is 0 Å². The average molecular weight is 546 g/mol. The van der Waals surface area contributed by atoms with Crippen LogP contribution in [0.3, 0.4) is 0 Å². The van der Waals surface area contributed by atoms with E-state index in [2.05, 4.69) is 16.0 Å². The molecule has 0 bridgehead atoms. The second-order valence-electron chi connectivity index (χ2n) is 8.88. The summed E-state index contributed by atoms with van der Waals surface area (Å²) in [5.74, 6) is -1.91. The Labute approximate surface area is 222 Å². The molecule has 192 valence electrons. The molecule has 4 rings (SSSR count). The van der Waals surface area contributed by atoms with Crippen molar-refractivity contribution in [1.82, 2.24) is 15.5 Å². The Morgan fingerprint density at radius 2 is 1.68 bits per heavy atom. The van der Waals surface area contributed by atoms with Crippen molar-refractivity contribution >= 4 is 46.8 Å². The van der Waals surface area contributed by atoms with Crippen LogP contribution >= 0.6 is 23.2 Å². The van der Waals surface area contributed by atoms with Gasteiger partial charge >= 0.3 is 6.03 Å². The number of guanidine groups is 1. The monoisotopic (exact) mass is 545 g/mol. The van der Waals surface area contributed by atoms with Crippen molar-refractivity contribution in [2.45, 2.75) is 32.0 Å². The SMILES string of the molecule is C[C@]1(Cc2cc(F)cc(F)c2)NC(=N)N(Cc2ccc(CNC(=O)Nc3cccc(Cl)c3Cl)cc2)C1=O. The summed E-state index contributed by atoms with van der Waals surface area (Å²) in [7, 11) is 0. The highest BCUT2D eigenvalue weighted by atomic mass is 35.5. The fourth-order valence-electron chi connectivity index (χ4n) is 4.07. The average Bonchev–Trinajstić information content (AvgIpc) is 3.03. The van der Waals surface area contributed by atoms with E-state index in [9.17, 15) is 18.4 Å². The normalized spacial score (nSPS) is 17.1. The topological polar surface area (TPSA) is 97.3 Å². The quantitative estimate of drug-likeness (QED) is 0.317. The van der Waals surface area contributed by atoms with E-state index >= 15 is 0 Å². The first-order chi connectivity index (χ1) is 17.5. The fraction of sp³-hybridized carbons (Fsp3) is 0.192. The minimum Gasteiger partial charge on any atom is -0.342 e. The number of rotatable bonds is 7. The largest absolute Gasteiger partial charge is 0.342 e. The van der Waals surface area contributed by atoms with Crippen LogP contribution in [0.15, 0.2) is 60.7 Å². The van der Waals surface area contributed by atoms with Gasteiger partial charge in [0.05, 0.1) is 22.3 Å². The molecule has 0 spiro atoms. The Balaban J connectivity index is 1.34. The number of benzene rings is 3. The number of amides is 3. The van der Waals surface area contributed by atoms with Gasteiger partial charge in [-0.05, 0) is 47.9 Å². The van der Waals surface area contributed by atoms with Crippen LogP contribution in [-0.4, -0.2) is 28.3 Å². The number of nitrogens with one attached hydrogen (secondary N) is 4.